The third kappa shape index (κ3) is 3.71. The maximum Gasteiger partial charge on any atom is 0.244 e. The molecular formula is C21H24N4O3S2. The van der Waals surface area contributed by atoms with Gasteiger partial charge in [-0.15, -0.1) is 11.3 Å². The number of pyridine rings is 1. The van der Waals surface area contributed by atoms with Crippen LogP contribution in [0.1, 0.15) is 30.3 Å². The minimum absolute atomic E-state index is 0.172. The van der Waals surface area contributed by atoms with E-state index in [4.69, 9.17) is 9.72 Å². The topological polar surface area (TPSA) is 75.6 Å². The first kappa shape index (κ1) is 19.9. The molecule has 5 rings (SSSR count). The summed E-state index contributed by atoms with van der Waals surface area (Å²) in [6, 6.07) is 11.9. The van der Waals surface area contributed by atoms with Gasteiger partial charge in [-0.1, -0.05) is 12.1 Å². The first-order valence-electron chi connectivity index (χ1n) is 10.3. The zero-order valence-electron chi connectivity index (χ0n) is 16.6. The number of para-hydroxylation sites is 1. The van der Waals surface area contributed by atoms with Gasteiger partial charge in [0, 0.05) is 25.8 Å². The Morgan fingerprint density at radius 2 is 1.87 bits per heavy atom. The van der Waals surface area contributed by atoms with Crippen molar-refractivity contribution in [2.45, 2.75) is 30.2 Å². The van der Waals surface area contributed by atoms with Gasteiger partial charge in [0.05, 0.1) is 29.5 Å². The van der Waals surface area contributed by atoms with Crippen molar-refractivity contribution in [1.82, 2.24) is 14.3 Å². The summed E-state index contributed by atoms with van der Waals surface area (Å²) in [5, 5.41) is 1.10. The molecule has 2 fully saturated rings. The predicted molar refractivity (Wildman–Crippen MR) is 117 cm³/mol. The van der Waals surface area contributed by atoms with Gasteiger partial charge < -0.3 is 9.64 Å². The van der Waals surface area contributed by atoms with Crippen molar-refractivity contribution < 1.29 is 13.2 Å². The molecule has 0 aliphatic carbocycles. The highest BCUT2D eigenvalue weighted by Crippen LogP contribution is 2.37. The lowest BCUT2D eigenvalue weighted by Crippen LogP contribution is -2.40. The Morgan fingerprint density at radius 3 is 2.63 bits per heavy atom. The van der Waals surface area contributed by atoms with Gasteiger partial charge >= 0.3 is 0 Å². The Hall–Kier alpha value is -2.07. The molecule has 2 saturated heterocycles. The maximum absolute atomic E-state index is 12.9. The first-order chi connectivity index (χ1) is 14.6. The van der Waals surface area contributed by atoms with Gasteiger partial charge in [0.15, 0.2) is 0 Å². The first-order valence-corrected chi connectivity index (χ1v) is 12.5. The Kier molecular flexibility index (Phi) is 5.44. The predicted octanol–water partition coefficient (Wildman–Crippen LogP) is 3.44. The van der Waals surface area contributed by atoms with Crippen molar-refractivity contribution in [2.75, 3.05) is 37.7 Å². The van der Waals surface area contributed by atoms with Crippen LogP contribution in [0.5, 0.6) is 0 Å². The number of morpholine rings is 1. The van der Waals surface area contributed by atoms with Crippen LogP contribution in [0.4, 0.5) is 5.82 Å². The second-order valence-corrected chi connectivity index (χ2v) is 10.6. The average Bonchev–Trinajstić information content (AvgIpc) is 3.24. The van der Waals surface area contributed by atoms with Gasteiger partial charge in [-0.2, -0.15) is 4.31 Å². The van der Waals surface area contributed by atoms with Gasteiger partial charge in [0.1, 0.15) is 15.7 Å². The fourth-order valence-electron chi connectivity index (χ4n) is 4.13. The van der Waals surface area contributed by atoms with Gasteiger partial charge in [0.25, 0.3) is 0 Å². The smallest absolute Gasteiger partial charge is 0.244 e. The number of aromatic nitrogens is 2. The highest BCUT2D eigenvalue weighted by atomic mass is 32.2. The van der Waals surface area contributed by atoms with Crippen LogP contribution in [-0.4, -0.2) is 55.5 Å². The van der Waals surface area contributed by atoms with E-state index in [1.54, 1.807) is 17.4 Å². The summed E-state index contributed by atoms with van der Waals surface area (Å²) < 4.78 is 33.7. The molecule has 0 saturated carbocycles. The van der Waals surface area contributed by atoms with Gasteiger partial charge in [0.2, 0.25) is 10.0 Å². The Labute approximate surface area is 180 Å². The number of nitrogens with zero attached hydrogens (tertiary/aromatic N) is 4. The Balaban J connectivity index is 1.42. The van der Waals surface area contributed by atoms with E-state index in [2.05, 4.69) is 16.0 Å². The standard InChI is InChI=1S/C21H24N4O3S2/c26-30(27,24-11-13-28-14-12-24)16-8-9-20(22-15-16)25-10-4-3-6-18(25)21-23-17-5-1-2-7-19(17)29-21/h1-2,5,7-9,15,18H,3-4,6,10-14H2/t18-/m1/s1. The zero-order chi connectivity index (χ0) is 20.6. The molecule has 0 amide bonds. The number of thiazole rings is 1. The maximum atomic E-state index is 12.9. The summed E-state index contributed by atoms with van der Waals surface area (Å²) >= 11 is 1.73. The lowest BCUT2D eigenvalue weighted by molar-refractivity contribution is 0.0730. The molecule has 1 atom stereocenters. The van der Waals surface area contributed by atoms with E-state index in [9.17, 15) is 8.42 Å². The number of hydrogen-bond acceptors (Lipinski definition) is 7. The van der Waals surface area contributed by atoms with E-state index < -0.39 is 10.0 Å². The highest BCUT2D eigenvalue weighted by molar-refractivity contribution is 7.89. The summed E-state index contributed by atoms with van der Waals surface area (Å²) in [5.41, 5.74) is 1.03. The van der Waals surface area contributed by atoms with Crippen molar-refractivity contribution in [2.24, 2.45) is 0 Å². The highest BCUT2D eigenvalue weighted by Gasteiger charge is 2.30. The minimum atomic E-state index is -3.53. The fraction of sp³-hybridized carbons (Fsp3) is 0.429. The Morgan fingerprint density at radius 1 is 1.03 bits per heavy atom. The molecule has 9 heteroatoms. The van der Waals surface area contributed by atoms with E-state index in [0.717, 1.165) is 42.1 Å². The van der Waals surface area contributed by atoms with Crippen LogP contribution in [0, 0.1) is 0 Å². The average molecular weight is 445 g/mol. The van der Waals surface area contributed by atoms with Gasteiger partial charge in [-0.05, 0) is 43.5 Å². The lowest BCUT2D eigenvalue weighted by atomic mass is 10.0. The number of rotatable bonds is 4. The van der Waals surface area contributed by atoms with E-state index in [0.29, 0.717) is 26.3 Å². The number of anilines is 1. The third-order valence-corrected chi connectivity index (χ3v) is 8.74. The Bertz CT molecular complexity index is 1090. The molecule has 1 aromatic carbocycles. The molecule has 30 heavy (non-hydrogen) atoms. The molecule has 0 unspecified atom stereocenters. The van der Waals surface area contributed by atoms with E-state index in [1.807, 2.05) is 24.3 Å². The summed E-state index contributed by atoms with van der Waals surface area (Å²) in [5.74, 6) is 0.805. The van der Waals surface area contributed by atoms with Crippen LogP contribution in [0.15, 0.2) is 47.5 Å². The SMILES string of the molecule is O=S(=O)(c1ccc(N2CCCC[C@@H]2c2nc3ccccc3s2)nc1)N1CCOCC1. The van der Waals surface area contributed by atoms with Crippen molar-refractivity contribution in [1.29, 1.82) is 0 Å². The second-order valence-electron chi connectivity index (χ2n) is 7.59. The fourth-order valence-corrected chi connectivity index (χ4v) is 6.60. The molecule has 7 nitrogen and oxygen atoms in total. The lowest BCUT2D eigenvalue weighted by Gasteiger charge is -2.35. The molecule has 0 N–H and O–H groups in total. The number of piperidine rings is 1. The number of ether oxygens (including phenoxy) is 1. The second kappa shape index (κ2) is 8.22. The number of fused-ring (bicyclic) bond motifs is 1. The van der Waals surface area contributed by atoms with Crippen LogP contribution in [0.3, 0.4) is 0 Å². The van der Waals surface area contributed by atoms with Crippen molar-refractivity contribution in [3.8, 4) is 0 Å². The van der Waals surface area contributed by atoms with Crippen molar-refractivity contribution >= 4 is 37.4 Å². The van der Waals surface area contributed by atoms with Crippen LogP contribution in [0.25, 0.3) is 10.2 Å². The van der Waals surface area contributed by atoms with Crippen LogP contribution in [-0.2, 0) is 14.8 Å². The van der Waals surface area contributed by atoms with E-state index in [-0.39, 0.29) is 10.9 Å². The quantitative estimate of drug-likeness (QED) is 0.614. The summed E-state index contributed by atoms with van der Waals surface area (Å²) in [7, 11) is -3.53. The molecule has 3 aromatic rings. The summed E-state index contributed by atoms with van der Waals surface area (Å²) in [6.45, 7) is 2.53. The summed E-state index contributed by atoms with van der Waals surface area (Å²) in [6.07, 6.45) is 4.76. The van der Waals surface area contributed by atoms with Crippen LogP contribution in [0.2, 0.25) is 0 Å². The largest absolute Gasteiger partial charge is 0.379 e. The zero-order valence-corrected chi connectivity index (χ0v) is 18.2. The number of benzene rings is 1. The van der Waals surface area contributed by atoms with Crippen LogP contribution < -0.4 is 4.90 Å². The molecule has 4 heterocycles. The molecule has 158 valence electrons. The van der Waals surface area contributed by atoms with E-state index >= 15 is 0 Å². The molecule has 0 spiro atoms. The molecule has 0 bridgehead atoms. The van der Waals surface area contributed by atoms with Crippen molar-refractivity contribution in [3.63, 3.8) is 0 Å². The number of sulfonamides is 1. The normalized spacial score (nSPS) is 21.2. The molecule has 2 aliphatic heterocycles. The van der Waals surface area contributed by atoms with E-state index in [1.165, 1.54) is 15.2 Å². The van der Waals surface area contributed by atoms with Crippen molar-refractivity contribution in [3.05, 3.63) is 47.6 Å². The van der Waals surface area contributed by atoms with Crippen LogP contribution >= 0.6 is 11.3 Å². The molecule has 0 radical (unpaired) electrons. The molecule has 2 aliphatic rings. The third-order valence-electron chi connectivity index (χ3n) is 5.72. The summed E-state index contributed by atoms with van der Waals surface area (Å²) in [4.78, 5) is 11.9. The monoisotopic (exact) mass is 444 g/mol. The minimum Gasteiger partial charge on any atom is -0.379 e. The molecular weight excluding hydrogens is 420 g/mol. The molecule has 2 aromatic heterocycles. The van der Waals surface area contributed by atoms with Gasteiger partial charge in [-0.3, -0.25) is 0 Å². The van der Waals surface area contributed by atoms with Gasteiger partial charge in [-0.25, -0.2) is 18.4 Å². The number of hydrogen-bond donors (Lipinski definition) is 0.